The third-order valence-corrected chi connectivity index (χ3v) is 6.83. The predicted octanol–water partition coefficient (Wildman–Crippen LogP) is 6.29. The Labute approximate surface area is 194 Å². The molecule has 2 saturated carbocycles. The molecule has 0 aliphatic heterocycles. The lowest BCUT2D eigenvalue weighted by Gasteiger charge is -2.32. The second kappa shape index (κ2) is 16.6. The van der Waals surface area contributed by atoms with Crippen molar-refractivity contribution in [3.05, 3.63) is 12.7 Å². The Hall–Kier alpha value is -0.980. The van der Waals surface area contributed by atoms with Crippen molar-refractivity contribution >= 4 is 5.97 Å². The highest BCUT2D eigenvalue weighted by atomic mass is 19.1. The number of hydrogen-bond donors (Lipinski definition) is 0. The van der Waals surface area contributed by atoms with Crippen molar-refractivity contribution in [2.45, 2.75) is 121 Å². The van der Waals surface area contributed by atoms with E-state index in [9.17, 15) is 9.18 Å². The van der Waals surface area contributed by atoms with Gasteiger partial charge in [-0.1, -0.05) is 45.6 Å². The van der Waals surface area contributed by atoms with Gasteiger partial charge in [0.2, 0.25) is 0 Å². The summed E-state index contributed by atoms with van der Waals surface area (Å²) in [5.41, 5.74) is 0. The Bertz CT molecular complexity index is 506. The summed E-state index contributed by atoms with van der Waals surface area (Å²) in [5, 5.41) is 0. The fraction of sp³-hybridized carbons (Fsp3) is 0.885. The Kier molecular flexibility index (Phi) is 14.1. The van der Waals surface area contributed by atoms with Crippen LogP contribution in [-0.2, 0) is 23.7 Å². The minimum absolute atomic E-state index is 0.0743. The van der Waals surface area contributed by atoms with Crippen LogP contribution in [0.5, 0.6) is 0 Å². The molecule has 0 aromatic rings. The van der Waals surface area contributed by atoms with E-state index >= 15 is 0 Å². The van der Waals surface area contributed by atoms with Crippen LogP contribution in [-0.4, -0.2) is 50.5 Å². The number of rotatable bonds is 16. The van der Waals surface area contributed by atoms with Gasteiger partial charge in [-0.3, -0.25) is 0 Å². The van der Waals surface area contributed by atoms with Gasteiger partial charge in [0.15, 0.2) is 0 Å². The van der Waals surface area contributed by atoms with Crippen molar-refractivity contribution in [3.63, 3.8) is 0 Å². The molecule has 0 aromatic heterocycles. The summed E-state index contributed by atoms with van der Waals surface area (Å²) < 4.78 is 37.1. The van der Waals surface area contributed by atoms with E-state index in [0.29, 0.717) is 25.6 Å². The lowest BCUT2D eigenvalue weighted by Crippen LogP contribution is -2.37. The first-order valence-electron chi connectivity index (χ1n) is 12.9. The van der Waals surface area contributed by atoms with Crippen LogP contribution in [0.1, 0.15) is 96.8 Å². The summed E-state index contributed by atoms with van der Waals surface area (Å²) in [7, 11) is 0. The van der Waals surface area contributed by atoms with Gasteiger partial charge in [-0.2, -0.15) is 0 Å². The average Bonchev–Trinajstić information content (AvgIpc) is 2.80. The molecule has 0 aromatic carbocycles. The summed E-state index contributed by atoms with van der Waals surface area (Å²) in [6, 6.07) is 0. The molecule has 0 saturated heterocycles. The lowest BCUT2D eigenvalue weighted by molar-refractivity contribution is -0.150. The predicted molar refractivity (Wildman–Crippen MR) is 124 cm³/mol. The molecule has 0 spiro atoms. The second-order valence-electron chi connectivity index (χ2n) is 9.38. The van der Waals surface area contributed by atoms with Crippen LogP contribution < -0.4 is 0 Å². The highest BCUT2D eigenvalue weighted by Gasteiger charge is 2.32. The highest BCUT2D eigenvalue weighted by molar-refractivity contribution is 5.81. The maximum Gasteiger partial charge on any atom is 0.330 e. The molecule has 0 amide bonds. The summed E-state index contributed by atoms with van der Waals surface area (Å²) in [5.74, 6) is 0.223. The van der Waals surface area contributed by atoms with Crippen molar-refractivity contribution in [1.82, 2.24) is 0 Å². The molecule has 2 aliphatic rings. The van der Waals surface area contributed by atoms with E-state index in [0.717, 1.165) is 51.4 Å². The molecule has 0 radical (unpaired) electrons. The van der Waals surface area contributed by atoms with Gasteiger partial charge in [-0.05, 0) is 57.3 Å². The minimum Gasteiger partial charge on any atom is -0.463 e. The summed E-state index contributed by atoms with van der Waals surface area (Å²) in [4.78, 5) is 11.1. The van der Waals surface area contributed by atoms with Gasteiger partial charge in [0.1, 0.15) is 13.0 Å². The van der Waals surface area contributed by atoms with Gasteiger partial charge < -0.3 is 18.9 Å². The third kappa shape index (κ3) is 11.2. The fourth-order valence-corrected chi connectivity index (χ4v) is 4.71. The first kappa shape index (κ1) is 27.3. The number of hydrogen-bond acceptors (Lipinski definition) is 5. The van der Waals surface area contributed by atoms with E-state index in [4.69, 9.17) is 18.9 Å². The monoisotopic (exact) mass is 456 g/mol. The SMILES string of the molecule is C=CC(=O)OCCC1CCC(OCOC2CCC(OCCCCCCCC)C(F)C2)CC1. The molecule has 6 heteroatoms. The van der Waals surface area contributed by atoms with Gasteiger partial charge >= 0.3 is 5.97 Å². The summed E-state index contributed by atoms with van der Waals surface area (Å²) in [6.07, 6.45) is 14.4. The molecule has 3 unspecified atom stereocenters. The van der Waals surface area contributed by atoms with Crippen LogP contribution in [0.3, 0.4) is 0 Å². The standard InChI is InChI=1S/C26H45FO5/c1-3-5-6-7-8-9-17-29-25-15-14-23(19-24(25)27)32-20-31-22-12-10-21(11-13-22)16-18-30-26(28)4-2/h4,21-25H,2-3,5-20H2,1H3. The summed E-state index contributed by atoms with van der Waals surface area (Å²) in [6.45, 7) is 6.99. The number of esters is 1. The maximum absolute atomic E-state index is 14.5. The van der Waals surface area contributed by atoms with E-state index in [2.05, 4.69) is 13.5 Å². The fourth-order valence-electron chi connectivity index (χ4n) is 4.71. The highest BCUT2D eigenvalue weighted by Crippen LogP contribution is 2.30. The summed E-state index contributed by atoms with van der Waals surface area (Å²) >= 11 is 0. The zero-order chi connectivity index (χ0) is 23.0. The van der Waals surface area contributed by atoms with Crippen molar-refractivity contribution in [3.8, 4) is 0 Å². The molecule has 3 atom stereocenters. The molecule has 2 rings (SSSR count). The van der Waals surface area contributed by atoms with Gasteiger partial charge in [0.05, 0.1) is 24.9 Å². The average molecular weight is 457 g/mol. The molecule has 5 nitrogen and oxygen atoms in total. The number of unbranched alkanes of at least 4 members (excludes halogenated alkanes) is 5. The van der Waals surface area contributed by atoms with E-state index in [1.54, 1.807) is 0 Å². The first-order valence-corrected chi connectivity index (χ1v) is 12.9. The lowest BCUT2D eigenvalue weighted by atomic mass is 9.85. The third-order valence-electron chi connectivity index (χ3n) is 6.83. The van der Waals surface area contributed by atoms with E-state index < -0.39 is 6.17 Å². The maximum atomic E-state index is 14.5. The van der Waals surface area contributed by atoms with Crippen molar-refractivity contribution < 1.29 is 28.1 Å². The molecule has 32 heavy (non-hydrogen) atoms. The Morgan fingerprint density at radius 2 is 1.59 bits per heavy atom. The molecular formula is C26H45FO5. The Morgan fingerprint density at radius 1 is 0.906 bits per heavy atom. The van der Waals surface area contributed by atoms with Crippen molar-refractivity contribution in [2.24, 2.45) is 5.92 Å². The number of ether oxygens (including phenoxy) is 4. The number of carbonyl (C=O) groups is 1. The zero-order valence-electron chi connectivity index (χ0n) is 20.1. The normalized spacial score (nSPS) is 28.4. The zero-order valence-corrected chi connectivity index (χ0v) is 20.1. The molecule has 0 N–H and O–H groups in total. The van der Waals surface area contributed by atoms with Gasteiger partial charge in [-0.25, -0.2) is 9.18 Å². The quantitative estimate of drug-likeness (QED) is 0.118. The van der Waals surface area contributed by atoms with Crippen LogP contribution in [0, 0.1) is 5.92 Å². The van der Waals surface area contributed by atoms with E-state index in [-0.39, 0.29) is 31.1 Å². The van der Waals surface area contributed by atoms with E-state index in [1.165, 1.54) is 38.2 Å². The first-order chi connectivity index (χ1) is 15.6. The van der Waals surface area contributed by atoms with Gasteiger partial charge in [0, 0.05) is 19.1 Å². The Morgan fingerprint density at radius 3 is 2.31 bits per heavy atom. The Balaban J connectivity index is 1.47. The van der Waals surface area contributed by atoms with Gasteiger partial charge in [-0.15, -0.1) is 0 Å². The molecule has 186 valence electrons. The van der Waals surface area contributed by atoms with Crippen molar-refractivity contribution in [2.75, 3.05) is 20.0 Å². The minimum atomic E-state index is -0.945. The second-order valence-corrected chi connectivity index (χ2v) is 9.38. The smallest absolute Gasteiger partial charge is 0.330 e. The molecule has 2 aliphatic carbocycles. The van der Waals surface area contributed by atoms with Crippen LogP contribution in [0.15, 0.2) is 12.7 Å². The number of carbonyl (C=O) groups excluding carboxylic acids is 1. The number of halogens is 1. The van der Waals surface area contributed by atoms with Crippen LogP contribution in [0.4, 0.5) is 4.39 Å². The largest absolute Gasteiger partial charge is 0.463 e. The molecule has 0 bridgehead atoms. The van der Waals surface area contributed by atoms with E-state index in [1.807, 2.05) is 0 Å². The number of alkyl halides is 1. The van der Waals surface area contributed by atoms with Crippen LogP contribution in [0.2, 0.25) is 0 Å². The molecule has 0 heterocycles. The molecular weight excluding hydrogens is 411 g/mol. The van der Waals surface area contributed by atoms with Gasteiger partial charge in [0.25, 0.3) is 0 Å². The van der Waals surface area contributed by atoms with Crippen LogP contribution >= 0.6 is 0 Å². The molecule has 2 fully saturated rings. The van der Waals surface area contributed by atoms with Crippen LogP contribution in [0.25, 0.3) is 0 Å². The topological polar surface area (TPSA) is 54.0 Å². The van der Waals surface area contributed by atoms with Crippen molar-refractivity contribution in [1.29, 1.82) is 0 Å².